The Balaban J connectivity index is 1.84. The van der Waals surface area contributed by atoms with E-state index in [1.807, 2.05) is 11.3 Å². The van der Waals surface area contributed by atoms with Gasteiger partial charge in [0.1, 0.15) is 0 Å². The molecule has 0 fully saturated rings. The second-order valence-corrected chi connectivity index (χ2v) is 7.50. The maximum Gasteiger partial charge on any atom is 0.0701 e. The highest BCUT2D eigenvalue weighted by molar-refractivity contribution is 9.11. The number of nitrogens with one attached hydrogen (secondary N) is 1. The van der Waals surface area contributed by atoms with Crippen molar-refractivity contribution in [1.82, 2.24) is 10.2 Å². The minimum Gasteiger partial charge on any atom is -0.312 e. The van der Waals surface area contributed by atoms with Gasteiger partial charge in [-0.3, -0.25) is 0 Å². The molecule has 1 N–H and O–H groups in total. The normalized spacial score (nSPS) is 11.3. The van der Waals surface area contributed by atoms with Crippen LogP contribution < -0.4 is 5.32 Å². The summed E-state index contributed by atoms with van der Waals surface area (Å²) < 4.78 is 1.22. The lowest BCUT2D eigenvalue weighted by Crippen LogP contribution is -2.14. The summed E-state index contributed by atoms with van der Waals surface area (Å²) in [6.07, 6.45) is 6.74. The summed E-state index contributed by atoms with van der Waals surface area (Å²) in [6.45, 7) is 3.38. The summed E-state index contributed by atoms with van der Waals surface area (Å²) in [6, 6.07) is 4.30. The third-order valence-electron chi connectivity index (χ3n) is 2.89. The Bertz CT molecular complexity index is 312. The molecule has 0 saturated carbocycles. The summed E-state index contributed by atoms with van der Waals surface area (Å²) in [5, 5.41) is 3.51. The van der Waals surface area contributed by atoms with Crippen LogP contribution in [0.2, 0.25) is 0 Å². The van der Waals surface area contributed by atoms with Crippen molar-refractivity contribution >= 4 is 27.3 Å². The van der Waals surface area contributed by atoms with E-state index in [-0.39, 0.29) is 0 Å². The molecular weight excluding hydrogens is 308 g/mol. The zero-order valence-corrected chi connectivity index (χ0v) is 13.9. The molecule has 0 radical (unpaired) electrons. The van der Waals surface area contributed by atoms with Gasteiger partial charge in [-0.2, -0.15) is 0 Å². The number of nitrogens with zero attached hydrogens (tertiary/aromatic N) is 1. The molecule has 0 unspecified atom stereocenters. The van der Waals surface area contributed by atoms with Gasteiger partial charge in [0.25, 0.3) is 0 Å². The predicted molar refractivity (Wildman–Crippen MR) is 85.4 cm³/mol. The zero-order valence-electron chi connectivity index (χ0n) is 11.5. The van der Waals surface area contributed by atoms with Crippen LogP contribution in [0.4, 0.5) is 0 Å². The monoisotopic (exact) mass is 332 g/mol. The third-order valence-corrected chi connectivity index (χ3v) is 4.51. The Kier molecular flexibility index (Phi) is 8.94. The second-order valence-electron chi connectivity index (χ2n) is 4.95. The summed E-state index contributed by atoms with van der Waals surface area (Å²) >= 11 is 5.30. The Hall–Kier alpha value is 0.1000. The molecule has 0 aromatic carbocycles. The van der Waals surface area contributed by atoms with Gasteiger partial charge in [0.05, 0.1) is 3.79 Å². The quantitative estimate of drug-likeness (QED) is 0.648. The van der Waals surface area contributed by atoms with Crippen LogP contribution in [-0.4, -0.2) is 32.1 Å². The highest BCUT2D eigenvalue weighted by atomic mass is 79.9. The zero-order chi connectivity index (χ0) is 13.2. The molecule has 0 aliphatic heterocycles. The van der Waals surface area contributed by atoms with E-state index in [1.165, 1.54) is 47.3 Å². The van der Waals surface area contributed by atoms with E-state index in [0.717, 1.165) is 13.1 Å². The average Bonchev–Trinajstić information content (AvgIpc) is 2.72. The number of hydrogen-bond acceptors (Lipinski definition) is 3. The number of halogens is 1. The van der Waals surface area contributed by atoms with E-state index in [9.17, 15) is 0 Å². The molecule has 18 heavy (non-hydrogen) atoms. The minimum absolute atomic E-state index is 1.01. The maximum absolute atomic E-state index is 3.51. The molecule has 104 valence electrons. The molecule has 2 nitrogen and oxygen atoms in total. The first-order chi connectivity index (χ1) is 8.68. The predicted octanol–water partition coefficient (Wildman–Crippen LogP) is 4.11. The molecule has 0 atom stereocenters. The molecule has 4 heteroatoms. The SMILES string of the molecule is CN(C)CCCCCCCNCc1ccc(Br)s1. The molecule has 0 aliphatic carbocycles. The smallest absolute Gasteiger partial charge is 0.0701 e. The Morgan fingerprint density at radius 3 is 2.50 bits per heavy atom. The van der Waals surface area contributed by atoms with Crippen molar-refractivity contribution in [1.29, 1.82) is 0 Å². The summed E-state index contributed by atoms with van der Waals surface area (Å²) in [5.74, 6) is 0. The number of thiophene rings is 1. The van der Waals surface area contributed by atoms with Gasteiger partial charge in [-0.25, -0.2) is 0 Å². The van der Waals surface area contributed by atoms with Crippen molar-refractivity contribution in [3.63, 3.8) is 0 Å². The van der Waals surface area contributed by atoms with Gasteiger partial charge in [0.2, 0.25) is 0 Å². The van der Waals surface area contributed by atoms with Gasteiger partial charge in [-0.05, 0) is 68.1 Å². The fraction of sp³-hybridized carbons (Fsp3) is 0.714. The van der Waals surface area contributed by atoms with Crippen molar-refractivity contribution in [2.75, 3.05) is 27.2 Å². The topological polar surface area (TPSA) is 15.3 Å². The van der Waals surface area contributed by atoms with Gasteiger partial charge in [0.15, 0.2) is 0 Å². The second kappa shape index (κ2) is 9.96. The lowest BCUT2D eigenvalue weighted by atomic mass is 10.1. The van der Waals surface area contributed by atoms with Crippen molar-refractivity contribution in [2.45, 2.75) is 38.6 Å². The molecule has 1 aromatic rings. The molecule has 1 rings (SSSR count). The van der Waals surface area contributed by atoms with E-state index in [2.05, 4.69) is 52.4 Å². The lowest BCUT2D eigenvalue weighted by molar-refractivity contribution is 0.389. The first-order valence-electron chi connectivity index (χ1n) is 6.78. The molecule has 1 heterocycles. The number of unbranched alkanes of at least 4 members (excludes halogenated alkanes) is 4. The minimum atomic E-state index is 1.01. The average molecular weight is 333 g/mol. The molecule has 0 spiro atoms. The Morgan fingerprint density at radius 1 is 1.11 bits per heavy atom. The van der Waals surface area contributed by atoms with Gasteiger partial charge in [-0.15, -0.1) is 11.3 Å². The van der Waals surface area contributed by atoms with Crippen LogP contribution in [0.25, 0.3) is 0 Å². The van der Waals surface area contributed by atoms with Crippen LogP contribution in [0.1, 0.15) is 37.0 Å². The van der Waals surface area contributed by atoms with Crippen molar-refractivity contribution in [3.8, 4) is 0 Å². The molecule has 0 bridgehead atoms. The maximum atomic E-state index is 3.51. The Morgan fingerprint density at radius 2 is 1.83 bits per heavy atom. The van der Waals surface area contributed by atoms with Crippen molar-refractivity contribution in [2.24, 2.45) is 0 Å². The summed E-state index contributed by atoms with van der Waals surface area (Å²) in [5.41, 5.74) is 0. The van der Waals surface area contributed by atoms with Gasteiger partial charge < -0.3 is 10.2 Å². The molecule has 1 aromatic heterocycles. The van der Waals surface area contributed by atoms with Crippen molar-refractivity contribution in [3.05, 3.63) is 20.8 Å². The third kappa shape index (κ3) is 8.25. The van der Waals surface area contributed by atoms with Gasteiger partial charge >= 0.3 is 0 Å². The number of hydrogen-bond donors (Lipinski definition) is 1. The van der Waals surface area contributed by atoms with Gasteiger partial charge in [-0.1, -0.05) is 19.3 Å². The van der Waals surface area contributed by atoms with Gasteiger partial charge in [0, 0.05) is 11.4 Å². The lowest BCUT2D eigenvalue weighted by Gasteiger charge is -2.08. The van der Waals surface area contributed by atoms with Crippen LogP contribution in [0.5, 0.6) is 0 Å². The van der Waals surface area contributed by atoms with E-state index >= 15 is 0 Å². The van der Waals surface area contributed by atoms with Crippen LogP contribution in [0, 0.1) is 0 Å². The molecule has 0 amide bonds. The summed E-state index contributed by atoms with van der Waals surface area (Å²) in [4.78, 5) is 3.67. The largest absolute Gasteiger partial charge is 0.312 e. The van der Waals surface area contributed by atoms with Crippen LogP contribution in [0.15, 0.2) is 15.9 Å². The van der Waals surface area contributed by atoms with Crippen LogP contribution >= 0.6 is 27.3 Å². The van der Waals surface area contributed by atoms with Crippen LogP contribution in [0.3, 0.4) is 0 Å². The molecule has 0 saturated heterocycles. The fourth-order valence-corrected chi connectivity index (χ4v) is 3.32. The molecular formula is C14H25BrN2S. The Labute approximate surface area is 124 Å². The van der Waals surface area contributed by atoms with E-state index < -0.39 is 0 Å². The first kappa shape index (κ1) is 16.2. The summed E-state index contributed by atoms with van der Waals surface area (Å²) in [7, 11) is 4.29. The van der Waals surface area contributed by atoms with Crippen molar-refractivity contribution < 1.29 is 0 Å². The highest BCUT2D eigenvalue weighted by Gasteiger charge is 1.97. The fourth-order valence-electron chi connectivity index (χ4n) is 1.87. The van der Waals surface area contributed by atoms with E-state index in [4.69, 9.17) is 0 Å². The highest BCUT2D eigenvalue weighted by Crippen LogP contribution is 2.21. The standard InChI is InChI=1S/C14H25BrN2S/c1-17(2)11-7-5-3-4-6-10-16-12-13-8-9-14(15)18-13/h8-9,16H,3-7,10-12H2,1-2H3. The van der Waals surface area contributed by atoms with E-state index in [0.29, 0.717) is 0 Å². The van der Waals surface area contributed by atoms with E-state index in [1.54, 1.807) is 0 Å². The number of rotatable bonds is 10. The molecule has 0 aliphatic rings. The first-order valence-corrected chi connectivity index (χ1v) is 8.39. The van der Waals surface area contributed by atoms with Crippen LogP contribution in [-0.2, 0) is 6.54 Å².